The molecule has 1 heterocycles. The van der Waals surface area contributed by atoms with Crippen molar-refractivity contribution in [2.45, 2.75) is 45.1 Å². The third-order valence-corrected chi connectivity index (χ3v) is 4.03. The molecule has 2 nitrogen and oxygen atoms in total. The van der Waals surface area contributed by atoms with Crippen LogP contribution in [0.15, 0.2) is 0 Å². The predicted octanol–water partition coefficient (Wildman–Crippen LogP) is 2.90. The molecule has 0 aromatic carbocycles. The van der Waals surface area contributed by atoms with E-state index in [-0.39, 0.29) is 12.4 Å². The van der Waals surface area contributed by atoms with Gasteiger partial charge in [-0.2, -0.15) is 0 Å². The molecule has 0 unspecified atom stereocenters. The number of hydrogen-bond acceptors (Lipinski definition) is 3. The molecule has 0 aliphatic heterocycles. The van der Waals surface area contributed by atoms with Crippen molar-refractivity contribution in [3.05, 3.63) is 15.6 Å². The van der Waals surface area contributed by atoms with Crippen LogP contribution in [-0.4, -0.2) is 12.0 Å². The first-order valence-corrected chi connectivity index (χ1v) is 6.09. The Labute approximate surface area is 102 Å². The van der Waals surface area contributed by atoms with Gasteiger partial charge in [-0.05, 0) is 26.3 Å². The van der Waals surface area contributed by atoms with Crippen molar-refractivity contribution in [1.82, 2.24) is 10.3 Å². The van der Waals surface area contributed by atoms with Crippen molar-refractivity contribution in [2.24, 2.45) is 0 Å². The van der Waals surface area contributed by atoms with Gasteiger partial charge in [-0.1, -0.05) is 13.8 Å². The minimum atomic E-state index is 0. The molecular formula is C11H19ClN2S. The van der Waals surface area contributed by atoms with Crippen LogP contribution >= 0.6 is 23.7 Å². The van der Waals surface area contributed by atoms with Crippen LogP contribution in [0.3, 0.4) is 0 Å². The van der Waals surface area contributed by atoms with Gasteiger partial charge in [0.05, 0.1) is 5.69 Å². The molecule has 0 atom stereocenters. The average molecular weight is 247 g/mol. The fourth-order valence-electron chi connectivity index (χ4n) is 2.13. The highest BCUT2D eigenvalue weighted by Gasteiger charge is 2.30. The number of nitrogens with one attached hydrogen (secondary N) is 1. The molecule has 0 bridgehead atoms. The van der Waals surface area contributed by atoms with Gasteiger partial charge in [-0.3, -0.25) is 0 Å². The Morgan fingerprint density at radius 3 is 2.80 bits per heavy atom. The summed E-state index contributed by atoms with van der Waals surface area (Å²) in [6.07, 6.45) is 3.84. The third kappa shape index (κ3) is 2.52. The largest absolute Gasteiger partial charge is 0.314 e. The van der Waals surface area contributed by atoms with E-state index < -0.39 is 0 Å². The van der Waals surface area contributed by atoms with Crippen LogP contribution in [0.25, 0.3) is 0 Å². The smallest absolute Gasteiger partial charge is 0.107 e. The van der Waals surface area contributed by atoms with Crippen LogP contribution in [-0.2, 0) is 18.4 Å². The van der Waals surface area contributed by atoms with Crippen LogP contribution in [0.2, 0.25) is 0 Å². The molecule has 0 saturated carbocycles. The quantitative estimate of drug-likeness (QED) is 0.868. The van der Waals surface area contributed by atoms with Crippen molar-refractivity contribution in [3.63, 3.8) is 0 Å². The number of hydrogen-bond donors (Lipinski definition) is 1. The number of fused-ring (bicyclic) bond motifs is 1. The van der Waals surface area contributed by atoms with Gasteiger partial charge >= 0.3 is 0 Å². The maximum absolute atomic E-state index is 4.75. The molecule has 15 heavy (non-hydrogen) atoms. The van der Waals surface area contributed by atoms with Gasteiger partial charge in [0.15, 0.2) is 0 Å². The summed E-state index contributed by atoms with van der Waals surface area (Å²) in [5.41, 5.74) is 1.66. The van der Waals surface area contributed by atoms with Gasteiger partial charge in [0, 0.05) is 16.8 Å². The Hall–Kier alpha value is -0.120. The molecule has 1 aromatic heterocycles. The van der Waals surface area contributed by atoms with E-state index in [0.29, 0.717) is 5.41 Å². The highest BCUT2D eigenvalue weighted by Crippen LogP contribution is 2.38. The first-order chi connectivity index (χ1) is 6.63. The molecule has 0 amide bonds. The summed E-state index contributed by atoms with van der Waals surface area (Å²) in [5.74, 6) is 0. The molecule has 4 heteroatoms. The molecule has 1 aliphatic rings. The number of aromatic nitrogens is 1. The lowest BCUT2D eigenvalue weighted by molar-refractivity contribution is 0.423. The first kappa shape index (κ1) is 12.9. The summed E-state index contributed by atoms with van der Waals surface area (Å²) in [4.78, 5) is 6.27. The van der Waals surface area contributed by atoms with Gasteiger partial charge in [-0.25, -0.2) is 4.98 Å². The lowest BCUT2D eigenvalue weighted by Crippen LogP contribution is -2.23. The van der Waals surface area contributed by atoms with E-state index >= 15 is 0 Å². The molecular weight excluding hydrogens is 228 g/mol. The SMILES string of the molecule is CNCc1nc2c(s1)CCCC2(C)C.Cl. The van der Waals surface area contributed by atoms with Crippen LogP contribution in [0, 0.1) is 0 Å². The lowest BCUT2D eigenvalue weighted by Gasteiger charge is -2.28. The molecule has 1 aliphatic carbocycles. The summed E-state index contributed by atoms with van der Waals surface area (Å²) < 4.78 is 0. The van der Waals surface area contributed by atoms with E-state index in [2.05, 4.69) is 19.2 Å². The highest BCUT2D eigenvalue weighted by molar-refractivity contribution is 7.11. The minimum absolute atomic E-state index is 0. The second-order valence-electron chi connectivity index (χ2n) is 4.65. The zero-order valence-electron chi connectivity index (χ0n) is 9.59. The van der Waals surface area contributed by atoms with Gasteiger partial charge in [0.2, 0.25) is 0 Å². The van der Waals surface area contributed by atoms with Crippen LogP contribution < -0.4 is 5.32 Å². The molecule has 1 aromatic rings. The van der Waals surface area contributed by atoms with Gasteiger partial charge in [-0.15, -0.1) is 23.7 Å². The predicted molar refractivity (Wildman–Crippen MR) is 68.1 cm³/mol. The van der Waals surface area contributed by atoms with Crippen molar-refractivity contribution < 1.29 is 0 Å². The molecule has 0 fully saturated rings. The number of rotatable bonds is 2. The molecule has 0 spiro atoms. The summed E-state index contributed by atoms with van der Waals surface area (Å²) in [7, 11) is 1.98. The van der Waals surface area contributed by atoms with E-state index in [1.54, 1.807) is 0 Å². The second-order valence-corrected chi connectivity index (χ2v) is 5.82. The van der Waals surface area contributed by atoms with Crippen LogP contribution in [0.5, 0.6) is 0 Å². The fourth-order valence-corrected chi connectivity index (χ4v) is 3.44. The zero-order valence-corrected chi connectivity index (χ0v) is 11.2. The Kier molecular flexibility index (Phi) is 4.15. The normalized spacial score (nSPS) is 18.1. The molecule has 1 N–H and O–H groups in total. The lowest BCUT2D eigenvalue weighted by atomic mass is 9.79. The van der Waals surface area contributed by atoms with E-state index in [4.69, 9.17) is 4.98 Å². The Morgan fingerprint density at radius 1 is 1.47 bits per heavy atom. The first-order valence-electron chi connectivity index (χ1n) is 5.27. The Morgan fingerprint density at radius 2 is 2.20 bits per heavy atom. The second kappa shape index (κ2) is 4.81. The number of nitrogens with zero attached hydrogens (tertiary/aromatic N) is 1. The number of aryl methyl sites for hydroxylation is 1. The van der Waals surface area contributed by atoms with Crippen LogP contribution in [0.1, 0.15) is 42.3 Å². The van der Waals surface area contributed by atoms with E-state index in [9.17, 15) is 0 Å². The topological polar surface area (TPSA) is 24.9 Å². The van der Waals surface area contributed by atoms with E-state index in [1.807, 2.05) is 18.4 Å². The van der Waals surface area contributed by atoms with Crippen LogP contribution in [0.4, 0.5) is 0 Å². The van der Waals surface area contributed by atoms with Gasteiger partial charge in [0.25, 0.3) is 0 Å². The van der Waals surface area contributed by atoms with Crippen molar-refractivity contribution in [3.8, 4) is 0 Å². The Bertz CT molecular complexity index is 333. The zero-order chi connectivity index (χ0) is 10.2. The maximum Gasteiger partial charge on any atom is 0.107 e. The summed E-state index contributed by atoms with van der Waals surface area (Å²) in [6.45, 7) is 5.54. The molecule has 0 saturated heterocycles. The number of thiazole rings is 1. The Balaban J connectivity index is 0.00000112. The minimum Gasteiger partial charge on any atom is -0.314 e. The van der Waals surface area contributed by atoms with Crippen molar-refractivity contribution >= 4 is 23.7 Å². The van der Waals surface area contributed by atoms with E-state index in [0.717, 1.165) is 6.54 Å². The maximum atomic E-state index is 4.75. The summed E-state index contributed by atoms with van der Waals surface area (Å²) >= 11 is 1.89. The van der Waals surface area contributed by atoms with Gasteiger partial charge < -0.3 is 5.32 Å². The van der Waals surface area contributed by atoms with Gasteiger partial charge in [0.1, 0.15) is 5.01 Å². The monoisotopic (exact) mass is 246 g/mol. The summed E-state index contributed by atoms with van der Waals surface area (Å²) in [5, 5.41) is 4.41. The third-order valence-electron chi connectivity index (χ3n) is 2.92. The fraction of sp³-hybridized carbons (Fsp3) is 0.727. The van der Waals surface area contributed by atoms with Crippen molar-refractivity contribution in [2.75, 3.05) is 7.05 Å². The standard InChI is InChI=1S/C11H18N2S.ClH/c1-11(2)6-4-5-8-10(11)13-9(14-8)7-12-3;/h12H,4-7H2,1-3H3;1H. The number of halogens is 1. The molecule has 86 valence electrons. The molecule has 0 radical (unpaired) electrons. The van der Waals surface area contributed by atoms with Crippen molar-refractivity contribution in [1.29, 1.82) is 0 Å². The summed E-state index contributed by atoms with van der Waals surface area (Å²) in [6, 6.07) is 0. The highest BCUT2D eigenvalue weighted by atomic mass is 35.5. The van der Waals surface area contributed by atoms with E-state index in [1.165, 1.54) is 34.8 Å². The average Bonchev–Trinajstić information content (AvgIpc) is 2.49. The molecule has 2 rings (SSSR count).